The maximum absolute atomic E-state index is 12.4. The minimum absolute atomic E-state index is 0.272. The molecule has 0 aliphatic carbocycles. The van der Waals surface area contributed by atoms with Crippen molar-refractivity contribution >= 4 is 10.0 Å². The molecule has 0 saturated carbocycles. The molecule has 0 bridgehead atoms. The van der Waals surface area contributed by atoms with Crippen LogP contribution in [-0.4, -0.2) is 15.0 Å². The molecule has 3 nitrogen and oxygen atoms in total. The van der Waals surface area contributed by atoms with Crippen LogP contribution in [0.25, 0.3) is 11.1 Å². The highest BCUT2D eigenvalue weighted by Gasteiger charge is 2.18. The summed E-state index contributed by atoms with van der Waals surface area (Å²) < 4.78 is 27.5. The molecule has 4 heteroatoms. The molecule has 0 saturated heterocycles. The molecular formula is C16H19NO2S. The Morgan fingerprint density at radius 3 is 2.20 bits per heavy atom. The highest BCUT2D eigenvalue weighted by atomic mass is 32.2. The molecule has 20 heavy (non-hydrogen) atoms. The molecule has 0 aliphatic heterocycles. The van der Waals surface area contributed by atoms with E-state index in [1.807, 2.05) is 56.3 Å². The Balaban J connectivity index is 2.43. The van der Waals surface area contributed by atoms with Gasteiger partial charge in [-0.1, -0.05) is 62.4 Å². The normalized spacial score (nSPS) is 11.8. The van der Waals surface area contributed by atoms with E-state index >= 15 is 0 Å². The van der Waals surface area contributed by atoms with E-state index in [1.165, 1.54) is 0 Å². The second kappa shape index (κ2) is 6.20. The smallest absolute Gasteiger partial charge is 0.211 e. The number of hydrogen-bond donors (Lipinski definition) is 1. The number of sulfonamides is 1. The van der Waals surface area contributed by atoms with E-state index in [1.54, 1.807) is 12.1 Å². The Morgan fingerprint density at radius 2 is 1.55 bits per heavy atom. The fourth-order valence-electron chi connectivity index (χ4n) is 1.91. The maximum Gasteiger partial charge on any atom is 0.241 e. The Bertz CT molecular complexity index is 664. The number of nitrogens with one attached hydrogen (secondary N) is 1. The summed E-state index contributed by atoms with van der Waals surface area (Å²) in [6, 6.07) is 16.6. The summed E-state index contributed by atoms with van der Waals surface area (Å²) in [5.41, 5.74) is 1.63. The van der Waals surface area contributed by atoms with Gasteiger partial charge in [0.25, 0.3) is 0 Å². The Morgan fingerprint density at radius 1 is 0.950 bits per heavy atom. The van der Waals surface area contributed by atoms with Crippen molar-refractivity contribution in [2.45, 2.75) is 18.7 Å². The van der Waals surface area contributed by atoms with Crippen LogP contribution in [0.3, 0.4) is 0 Å². The summed E-state index contributed by atoms with van der Waals surface area (Å²) in [7, 11) is -3.48. The van der Waals surface area contributed by atoms with Crippen molar-refractivity contribution in [3.05, 3.63) is 54.6 Å². The fourth-order valence-corrected chi connectivity index (χ4v) is 3.35. The Kier molecular flexibility index (Phi) is 4.57. The largest absolute Gasteiger partial charge is 0.241 e. The molecule has 0 unspecified atom stereocenters. The first-order chi connectivity index (χ1) is 9.50. The van der Waals surface area contributed by atoms with Gasteiger partial charge in [-0.15, -0.1) is 0 Å². The van der Waals surface area contributed by atoms with Crippen molar-refractivity contribution < 1.29 is 8.42 Å². The van der Waals surface area contributed by atoms with E-state index in [4.69, 9.17) is 0 Å². The molecule has 0 heterocycles. The minimum Gasteiger partial charge on any atom is -0.211 e. The molecular weight excluding hydrogens is 270 g/mol. The summed E-state index contributed by atoms with van der Waals surface area (Å²) in [4.78, 5) is 0.326. The fraction of sp³-hybridized carbons (Fsp3) is 0.250. The second-order valence-corrected chi connectivity index (χ2v) is 6.84. The molecule has 106 valence electrons. The molecule has 0 aliphatic rings. The van der Waals surface area contributed by atoms with Crippen LogP contribution in [0.1, 0.15) is 13.8 Å². The van der Waals surface area contributed by atoms with E-state index in [0.29, 0.717) is 11.4 Å². The van der Waals surface area contributed by atoms with Gasteiger partial charge in [-0.2, -0.15) is 0 Å². The summed E-state index contributed by atoms with van der Waals surface area (Å²) in [6.07, 6.45) is 0. The van der Waals surface area contributed by atoms with E-state index in [2.05, 4.69) is 4.72 Å². The number of benzene rings is 2. The maximum atomic E-state index is 12.4. The highest BCUT2D eigenvalue weighted by molar-refractivity contribution is 7.89. The van der Waals surface area contributed by atoms with Gasteiger partial charge in [0.05, 0.1) is 4.90 Å². The number of hydrogen-bond acceptors (Lipinski definition) is 2. The van der Waals surface area contributed by atoms with Gasteiger partial charge in [0.15, 0.2) is 0 Å². The third kappa shape index (κ3) is 3.46. The van der Waals surface area contributed by atoms with Gasteiger partial charge in [-0.3, -0.25) is 0 Å². The first-order valence-corrected chi connectivity index (χ1v) is 8.13. The summed E-state index contributed by atoms with van der Waals surface area (Å²) in [5.74, 6) is 0.272. The third-order valence-corrected chi connectivity index (χ3v) is 4.42. The zero-order chi connectivity index (χ0) is 14.6. The van der Waals surface area contributed by atoms with Crippen molar-refractivity contribution in [2.24, 2.45) is 5.92 Å². The zero-order valence-corrected chi connectivity index (χ0v) is 12.5. The van der Waals surface area contributed by atoms with Crippen LogP contribution in [0.5, 0.6) is 0 Å². The van der Waals surface area contributed by atoms with Gasteiger partial charge in [0.2, 0.25) is 10.0 Å². The lowest BCUT2D eigenvalue weighted by molar-refractivity contribution is 0.560. The van der Waals surface area contributed by atoms with Crippen molar-refractivity contribution in [2.75, 3.05) is 6.54 Å². The first-order valence-electron chi connectivity index (χ1n) is 6.65. The second-order valence-electron chi connectivity index (χ2n) is 5.11. The van der Waals surface area contributed by atoms with Gasteiger partial charge >= 0.3 is 0 Å². The lowest BCUT2D eigenvalue weighted by Crippen LogP contribution is -2.27. The van der Waals surface area contributed by atoms with Crippen LogP contribution in [0.2, 0.25) is 0 Å². The quantitative estimate of drug-likeness (QED) is 0.918. The third-order valence-electron chi connectivity index (χ3n) is 2.94. The average molecular weight is 289 g/mol. The van der Waals surface area contributed by atoms with Gasteiger partial charge in [-0.05, 0) is 17.5 Å². The van der Waals surface area contributed by atoms with Crippen molar-refractivity contribution in [1.29, 1.82) is 0 Å². The molecule has 0 spiro atoms. The molecule has 2 aromatic carbocycles. The van der Waals surface area contributed by atoms with Crippen LogP contribution in [-0.2, 0) is 10.0 Å². The summed E-state index contributed by atoms with van der Waals surface area (Å²) in [5, 5.41) is 0. The number of rotatable bonds is 5. The molecule has 0 fully saturated rings. The minimum atomic E-state index is -3.48. The predicted octanol–water partition coefficient (Wildman–Crippen LogP) is 3.29. The van der Waals surface area contributed by atoms with Crippen molar-refractivity contribution in [3.8, 4) is 11.1 Å². The molecule has 0 atom stereocenters. The molecule has 0 aromatic heterocycles. The lowest BCUT2D eigenvalue weighted by Gasteiger charge is -2.12. The molecule has 1 N–H and O–H groups in total. The molecule has 2 rings (SSSR count). The van der Waals surface area contributed by atoms with Gasteiger partial charge < -0.3 is 0 Å². The summed E-state index contributed by atoms with van der Waals surface area (Å²) >= 11 is 0. The summed E-state index contributed by atoms with van der Waals surface area (Å²) in [6.45, 7) is 4.39. The van der Waals surface area contributed by atoms with Crippen molar-refractivity contribution in [3.63, 3.8) is 0 Å². The Hall–Kier alpha value is -1.65. The van der Waals surface area contributed by atoms with E-state index in [0.717, 1.165) is 11.1 Å². The van der Waals surface area contributed by atoms with Gasteiger partial charge in [0.1, 0.15) is 0 Å². The van der Waals surface area contributed by atoms with E-state index in [9.17, 15) is 8.42 Å². The van der Waals surface area contributed by atoms with E-state index in [-0.39, 0.29) is 5.92 Å². The van der Waals surface area contributed by atoms with Gasteiger partial charge in [0, 0.05) is 12.1 Å². The van der Waals surface area contributed by atoms with Crippen LogP contribution in [0, 0.1) is 5.92 Å². The van der Waals surface area contributed by atoms with E-state index < -0.39 is 10.0 Å². The lowest BCUT2D eigenvalue weighted by atomic mass is 10.1. The van der Waals surface area contributed by atoms with Crippen molar-refractivity contribution in [1.82, 2.24) is 4.72 Å². The highest BCUT2D eigenvalue weighted by Crippen LogP contribution is 2.26. The molecule has 0 radical (unpaired) electrons. The predicted molar refractivity (Wildman–Crippen MR) is 81.9 cm³/mol. The zero-order valence-electron chi connectivity index (χ0n) is 11.7. The van der Waals surface area contributed by atoms with Crippen LogP contribution >= 0.6 is 0 Å². The molecule has 2 aromatic rings. The van der Waals surface area contributed by atoms with Gasteiger partial charge in [-0.25, -0.2) is 13.1 Å². The monoisotopic (exact) mass is 289 g/mol. The van der Waals surface area contributed by atoms with Crippen LogP contribution in [0.4, 0.5) is 0 Å². The SMILES string of the molecule is CC(C)CNS(=O)(=O)c1ccccc1-c1ccccc1. The topological polar surface area (TPSA) is 46.2 Å². The van der Waals surface area contributed by atoms with Crippen LogP contribution < -0.4 is 4.72 Å². The Labute approximate surface area is 120 Å². The first kappa shape index (κ1) is 14.8. The van der Waals surface area contributed by atoms with Crippen LogP contribution in [0.15, 0.2) is 59.5 Å². The average Bonchev–Trinajstić information content (AvgIpc) is 2.46. The standard InChI is InChI=1S/C16H19NO2S/c1-13(2)12-17-20(18,19)16-11-7-6-10-15(16)14-8-4-3-5-9-14/h3-11,13,17H,12H2,1-2H3. The molecule has 0 amide bonds.